The molecule has 0 aliphatic carbocycles. The van der Waals surface area contributed by atoms with Gasteiger partial charge in [0.25, 0.3) is 0 Å². The average molecular weight is 330 g/mol. The molecule has 0 spiro atoms. The molecule has 1 aliphatic rings. The number of hydrogen-bond acceptors (Lipinski definition) is 4. The first kappa shape index (κ1) is 16.4. The summed E-state index contributed by atoms with van der Waals surface area (Å²) in [6, 6.07) is 5.90. The minimum absolute atomic E-state index is 0.00977. The molecule has 24 heavy (non-hydrogen) atoms. The Labute approximate surface area is 140 Å². The Kier molecular flexibility index (Phi) is 4.80. The molecule has 7 heteroatoms. The third kappa shape index (κ3) is 3.41. The second-order valence-corrected chi connectivity index (χ2v) is 6.08. The minimum atomic E-state index is -0.298. The summed E-state index contributed by atoms with van der Waals surface area (Å²) < 4.78 is 6.98. The van der Waals surface area contributed by atoms with E-state index in [0.717, 1.165) is 17.0 Å². The van der Waals surface area contributed by atoms with Gasteiger partial charge in [-0.1, -0.05) is 6.07 Å². The van der Waals surface area contributed by atoms with Crippen LogP contribution in [0.4, 0.5) is 0 Å². The Hall–Kier alpha value is -2.41. The SMILES string of the molecule is COCCN1C[C@@H](C(=O)NCc2cn3c(C)cccc3n2)CC1=O. The predicted molar refractivity (Wildman–Crippen MR) is 88.3 cm³/mol. The highest BCUT2D eigenvalue weighted by Crippen LogP contribution is 2.18. The number of ether oxygens (including phenoxy) is 1. The summed E-state index contributed by atoms with van der Waals surface area (Å²) in [6.07, 6.45) is 2.19. The molecule has 128 valence electrons. The fourth-order valence-corrected chi connectivity index (χ4v) is 2.97. The normalized spacial score (nSPS) is 17.7. The summed E-state index contributed by atoms with van der Waals surface area (Å²) >= 11 is 0. The Balaban J connectivity index is 1.57. The standard InChI is InChI=1S/C17H22N4O3/c1-12-4-3-5-15-19-14(11-21(12)15)9-18-17(23)13-8-16(22)20(10-13)6-7-24-2/h3-5,11,13H,6-10H2,1-2H3,(H,18,23)/t13-/m0/s1. The van der Waals surface area contributed by atoms with Crippen molar-refractivity contribution in [3.8, 4) is 0 Å². The van der Waals surface area contributed by atoms with Crippen molar-refractivity contribution in [1.82, 2.24) is 19.6 Å². The van der Waals surface area contributed by atoms with Gasteiger partial charge in [-0.15, -0.1) is 0 Å². The molecule has 7 nitrogen and oxygen atoms in total. The molecule has 1 aliphatic heterocycles. The van der Waals surface area contributed by atoms with Crippen molar-refractivity contribution < 1.29 is 14.3 Å². The molecule has 3 heterocycles. The maximum Gasteiger partial charge on any atom is 0.225 e. The summed E-state index contributed by atoms with van der Waals surface area (Å²) in [4.78, 5) is 30.4. The van der Waals surface area contributed by atoms with Gasteiger partial charge in [0.05, 0.1) is 24.8 Å². The van der Waals surface area contributed by atoms with Crippen molar-refractivity contribution in [3.05, 3.63) is 35.8 Å². The molecule has 3 rings (SSSR count). The summed E-state index contributed by atoms with van der Waals surface area (Å²) in [5.41, 5.74) is 2.76. The number of hydrogen-bond donors (Lipinski definition) is 1. The van der Waals surface area contributed by atoms with Crippen LogP contribution in [0.5, 0.6) is 0 Å². The highest BCUT2D eigenvalue weighted by molar-refractivity contribution is 5.89. The van der Waals surface area contributed by atoms with Crippen LogP contribution in [0.2, 0.25) is 0 Å². The van der Waals surface area contributed by atoms with Crippen molar-refractivity contribution in [2.45, 2.75) is 19.9 Å². The average Bonchev–Trinajstić information content (AvgIpc) is 3.15. The van der Waals surface area contributed by atoms with Crippen LogP contribution in [0, 0.1) is 12.8 Å². The number of imidazole rings is 1. The number of carbonyl (C=O) groups is 2. The van der Waals surface area contributed by atoms with Gasteiger partial charge in [0.15, 0.2) is 0 Å². The van der Waals surface area contributed by atoms with Crippen LogP contribution in [0.15, 0.2) is 24.4 Å². The first-order valence-corrected chi connectivity index (χ1v) is 8.06. The topological polar surface area (TPSA) is 75.9 Å². The zero-order chi connectivity index (χ0) is 17.1. The zero-order valence-electron chi connectivity index (χ0n) is 14.0. The number of aromatic nitrogens is 2. The van der Waals surface area contributed by atoms with E-state index in [1.165, 1.54) is 0 Å². The number of likely N-dealkylation sites (tertiary alicyclic amines) is 1. The maximum atomic E-state index is 12.3. The minimum Gasteiger partial charge on any atom is -0.383 e. The maximum absolute atomic E-state index is 12.3. The van der Waals surface area contributed by atoms with E-state index in [9.17, 15) is 9.59 Å². The largest absolute Gasteiger partial charge is 0.383 e. The third-order valence-corrected chi connectivity index (χ3v) is 4.34. The predicted octanol–water partition coefficient (Wildman–Crippen LogP) is 0.754. The molecule has 0 aromatic carbocycles. The van der Waals surface area contributed by atoms with Gasteiger partial charge in [-0.3, -0.25) is 9.59 Å². The van der Waals surface area contributed by atoms with E-state index in [-0.39, 0.29) is 24.2 Å². The molecule has 0 radical (unpaired) electrons. The number of carbonyl (C=O) groups excluding carboxylic acids is 2. The lowest BCUT2D eigenvalue weighted by Crippen LogP contribution is -2.33. The molecule has 1 N–H and O–H groups in total. The second-order valence-electron chi connectivity index (χ2n) is 6.08. The number of nitrogens with zero attached hydrogens (tertiary/aromatic N) is 3. The third-order valence-electron chi connectivity index (χ3n) is 4.34. The smallest absolute Gasteiger partial charge is 0.225 e. The van der Waals surface area contributed by atoms with Crippen molar-refractivity contribution >= 4 is 17.5 Å². The molecule has 0 saturated carbocycles. The van der Waals surface area contributed by atoms with Gasteiger partial charge < -0.3 is 19.4 Å². The van der Waals surface area contributed by atoms with Crippen LogP contribution in [0.25, 0.3) is 5.65 Å². The first-order chi connectivity index (χ1) is 11.6. The molecule has 2 aromatic heterocycles. The lowest BCUT2D eigenvalue weighted by molar-refractivity contribution is -0.129. The van der Waals surface area contributed by atoms with E-state index in [1.807, 2.05) is 35.7 Å². The van der Waals surface area contributed by atoms with E-state index in [1.54, 1.807) is 12.0 Å². The summed E-state index contributed by atoms with van der Waals surface area (Å²) in [6.45, 7) is 3.85. The summed E-state index contributed by atoms with van der Waals surface area (Å²) in [5, 5.41) is 2.89. The number of amides is 2. The lowest BCUT2D eigenvalue weighted by atomic mass is 10.1. The van der Waals surface area contributed by atoms with E-state index in [4.69, 9.17) is 4.74 Å². The Morgan fingerprint density at radius 1 is 1.46 bits per heavy atom. The van der Waals surface area contributed by atoms with Crippen LogP contribution in [0.3, 0.4) is 0 Å². The quantitative estimate of drug-likeness (QED) is 0.848. The van der Waals surface area contributed by atoms with Gasteiger partial charge in [-0.05, 0) is 19.1 Å². The fourth-order valence-electron chi connectivity index (χ4n) is 2.97. The summed E-state index contributed by atoms with van der Waals surface area (Å²) in [7, 11) is 1.60. The molecule has 0 bridgehead atoms. The van der Waals surface area contributed by atoms with Crippen molar-refractivity contribution in [2.75, 3.05) is 26.8 Å². The Morgan fingerprint density at radius 2 is 2.29 bits per heavy atom. The van der Waals surface area contributed by atoms with Crippen LogP contribution in [0.1, 0.15) is 17.8 Å². The molecule has 1 saturated heterocycles. The molecule has 2 aromatic rings. The zero-order valence-corrected chi connectivity index (χ0v) is 14.0. The van der Waals surface area contributed by atoms with Crippen LogP contribution < -0.4 is 5.32 Å². The van der Waals surface area contributed by atoms with E-state index in [0.29, 0.717) is 26.2 Å². The monoisotopic (exact) mass is 330 g/mol. The Morgan fingerprint density at radius 3 is 3.04 bits per heavy atom. The van der Waals surface area contributed by atoms with Gasteiger partial charge >= 0.3 is 0 Å². The van der Waals surface area contributed by atoms with Gasteiger partial charge in [-0.2, -0.15) is 0 Å². The highest BCUT2D eigenvalue weighted by atomic mass is 16.5. The van der Waals surface area contributed by atoms with Crippen LogP contribution in [-0.2, 0) is 20.9 Å². The highest BCUT2D eigenvalue weighted by Gasteiger charge is 2.33. The molecule has 2 amide bonds. The van der Waals surface area contributed by atoms with Crippen molar-refractivity contribution in [3.63, 3.8) is 0 Å². The van der Waals surface area contributed by atoms with Gasteiger partial charge in [0, 0.05) is 38.5 Å². The van der Waals surface area contributed by atoms with Gasteiger partial charge in [0.1, 0.15) is 5.65 Å². The van der Waals surface area contributed by atoms with Crippen LogP contribution >= 0.6 is 0 Å². The van der Waals surface area contributed by atoms with Crippen molar-refractivity contribution in [1.29, 1.82) is 0 Å². The molecule has 1 fully saturated rings. The molecular weight excluding hydrogens is 308 g/mol. The van der Waals surface area contributed by atoms with E-state index >= 15 is 0 Å². The Bertz CT molecular complexity index is 755. The van der Waals surface area contributed by atoms with Gasteiger partial charge in [0.2, 0.25) is 11.8 Å². The molecular formula is C17H22N4O3. The van der Waals surface area contributed by atoms with E-state index in [2.05, 4.69) is 10.3 Å². The number of aryl methyl sites for hydroxylation is 1. The van der Waals surface area contributed by atoms with Gasteiger partial charge in [-0.25, -0.2) is 4.98 Å². The second kappa shape index (κ2) is 7.00. The number of pyridine rings is 1. The van der Waals surface area contributed by atoms with Crippen molar-refractivity contribution in [2.24, 2.45) is 5.92 Å². The molecule has 0 unspecified atom stereocenters. The number of methoxy groups -OCH3 is 1. The lowest BCUT2D eigenvalue weighted by Gasteiger charge is -2.15. The first-order valence-electron chi connectivity index (χ1n) is 8.06. The fraction of sp³-hybridized carbons (Fsp3) is 0.471. The van der Waals surface area contributed by atoms with E-state index < -0.39 is 0 Å². The number of fused-ring (bicyclic) bond motifs is 1. The van der Waals surface area contributed by atoms with Crippen LogP contribution in [-0.4, -0.2) is 52.9 Å². The molecule has 1 atom stereocenters. The number of rotatable bonds is 6. The summed E-state index contributed by atoms with van der Waals surface area (Å²) in [5.74, 6) is -0.388. The number of nitrogens with one attached hydrogen (secondary N) is 1.